The molecule has 0 saturated heterocycles. The van der Waals surface area contributed by atoms with Gasteiger partial charge in [-0.05, 0) is 49.6 Å². The molecule has 0 aliphatic carbocycles. The zero-order chi connectivity index (χ0) is 21.7. The molecule has 0 N–H and O–H groups in total. The Hall–Kier alpha value is -3.90. The van der Waals surface area contributed by atoms with E-state index in [-0.39, 0.29) is 0 Å². The maximum atomic E-state index is 9.92. The van der Waals surface area contributed by atoms with Crippen molar-refractivity contribution < 1.29 is 8.98 Å². The number of aromatic nitrogens is 1. The van der Waals surface area contributed by atoms with Gasteiger partial charge in [0.2, 0.25) is 5.69 Å². The van der Waals surface area contributed by atoms with Crippen molar-refractivity contribution in [2.24, 2.45) is 7.05 Å². The average Bonchev–Trinajstić information content (AvgIpc) is 3.14. The van der Waals surface area contributed by atoms with E-state index in [0.29, 0.717) is 5.56 Å². The molecule has 0 radical (unpaired) electrons. The summed E-state index contributed by atoms with van der Waals surface area (Å²) in [6.45, 7) is 6.28. The van der Waals surface area contributed by atoms with Crippen LogP contribution in [0.25, 0.3) is 44.3 Å². The predicted molar refractivity (Wildman–Crippen MR) is 125 cm³/mol. The fraction of sp³-hybridized carbons (Fsp3) is 0.143. The van der Waals surface area contributed by atoms with Gasteiger partial charge >= 0.3 is 0 Å². The summed E-state index contributed by atoms with van der Waals surface area (Å²) < 4.78 is 8.71. The smallest absolute Gasteiger partial charge is 0.216 e. The Morgan fingerprint density at radius 1 is 0.839 bits per heavy atom. The molecule has 0 saturated carbocycles. The van der Waals surface area contributed by atoms with E-state index >= 15 is 0 Å². The van der Waals surface area contributed by atoms with Gasteiger partial charge in [0.15, 0.2) is 11.8 Å². The van der Waals surface area contributed by atoms with E-state index in [9.17, 15) is 5.26 Å². The molecule has 2 heterocycles. The number of aryl methyl sites for hydroxylation is 4. The van der Waals surface area contributed by atoms with E-state index in [1.807, 2.05) is 38.4 Å². The van der Waals surface area contributed by atoms with Gasteiger partial charge in [0, 0.05) is 28.5 Å². The molecule has 5 aromatic rings. The molecule has 0 aliphatic heterocycles. The Morgan fingerprint density at radius 2 is 1.68 bits per heavy atom. The first-order valence-electron chi connectivity index (χ1n) is 10.4. The van der Waals surface area contributed by atoms with Gasteiger partial charge in [-0.15, -0.1) is 0 Å². The van der Waals surface area contributed by atoms with Gasteiger partial charge in [0.05, 0.1) is 17.2 Å². The van der Waals surface area contributed by atoms with Gasteiger partial charge in [-0.2, -0.15) is 5.26 Å². The van der Waals surface area contributed by atoms with Crippen molar-refractivity contribution in [3.8, 4) is 28.5 Å². The summed E-state index contributed by atoms with van der Waals surface area (Å²) in [6.07, 6.45) is 2.03. The van der Waals surface area contributed by atoms with Crippen molar-refractivity contribution in [2.45, 2.75) is 20.8 Å². The third-order valence-corrected chi connectivity index (χ3v) is 6.07. The zero-order valence-corrected chi connectivity index (χ0v) is 18.2. The number of hydrogen-bond acceptors (Lipinski definition) is 2. The van der Waals surface area contributed by atoms with Crippen molar-refractivity contribution in [2.75, 3.05) is 0 Å². The van der Waals surface area contributed by atoms with Gasteiger partial charge in [0.1, 0.15) is 12.6 Å². The topological polar surface area (TPSA) is 40.8 Å². The van der Waals surface area contributed by atoms with E-state index in [4.69, 9.17) is 4.42 Å². The van der Waals surface area contributed by atoms with Crippen LogP contribution in [-0.4, -0.2) is 0 Å². The van der Waals surface area contributed by atoms with Crippen molar-refractivity contribution >= 4 is 21.9 Å². The summed E-state index contributed by atoms with van der Waals surface area (Å²) in [5.74, 6) is 0. The Bertz CT molecular complexity index is 1530. The molecule has 0 fully saturated rings. The number of pyridine rings is 1. The number of fused-ring (bicyclic) bond motifs is 3. The minimum absolute atomic E-state index is 0.645. The number of hydrogen-bond donors (Lipinski definition) is 0. The minimum atomic E-state index is 0.645. The largest absolute Gasteiger partial charge is 0.454 e. The molecule has 0 spiro atoms. The number of nitriles is 1. The molecule has 3 heteroatoms. The van der Waals surface area contributed by atoms with Gasteiger partial charge in [-0.25, -0.2) is 4.57 Å². The monoisotopic (exact) mass is 403 g/mol. The molecule has 0 aliphatic rings. The summed E-state index contributed by atoms with van der Waals surface area (Å²) in [7, 11) is 2.03. The molecule has 0 amide bonds. The summed E-state index contributed by atoms with van der Waals surface area (Å²) >= 11 is 0. The van der Waals surface area contributed by atoms with Gasteiger partial charge < -0.3 is 4.42 Å². The van der Waals surface area contributed by atoms with Gasteiger partial charge in [-0.3, -0.25) is 0 Å². The van der Waals surface area contributed by atoms with Crippen LogP contribution in [0.3, 0.4) is 0 Å². The fourth-order valence-electron chi connectivity index (χ4n) is 4.62. The number of benzene rings is 3. The van der Waals surface area contributed by atoms with E-state index < -0.39 is 0 Å². The highest BCUT2D eigenvalue weighted by atomic mass is 16.3. The summed E-state index contributed by atoms with van der Waals surface area (Å²) in [4.78, 5) is 0. The van der Waals surface area contributed by atoms with E-state index in [1.165, 1.54) is 11.1 Å². The lowest BCUT2D eigenvalue weighted by Crippen LogP contribution is -2.30. The molecule has 0 atom stereocenters. The lowest BCUT2D eigenvalue weighted by molar-refractivity contribution is -0.660. The predicted octanol–water partition coefficient (Wildman–Crippen LogP) is 6.54. The van der Waals surface area contributed by atoms with Crippen molar-refractivity contribution in [1.82, 2.24) is 0 Å². The van der Waals surface area contributed by atoms with Crippen LogP contribution in [0.15, 0.2) is 71.3 Å². The number of para-hydroxylation sites is 1. The number of rotatable bonds is 2. The van der Waals surface area contributed by atoms with Crippen LogP contribution >= 0.6 is 0 Å². The number of furan rings is 1. The molecule has 0 bridgehead atoms. The van der Waals surface area contributed by atoms with Gasteiger partial charge in [-0.1, -0.05) is 42.0 Å². The zero-order valence-electron chi connectivity index (χ0n) is 18.2. The third-order valence-electron chi connectivity index (χ3n) is 6.07. The Morgan fingerprint density at radius 3 is 2.42 bits per heavy atom. The Kier molecular flexibility index (Phi) is 4.38. The molecule has 0 unspecified atom stereocenters. The molecular formula is C28H23N2O+. The van der Waals surface area contributed by atoms with E-state index in [0.717, 1.165) is 49.9 Å². The van der Waals surface area contributed by atoms with Gasteiger partial charge in [0.25, 0.3) is 0 Å². The lowest BCUT2D eigenvalue weighted by Gasteiger charge is -2.07. The van der Waals surface area contributed by atoms with Crippen LogP contribution in [0, 0.1) is 32.1 Å². The fourth-order valence-corrected chi connectivity index (χ4v) is 4.62. The first-order valence-corrected chi connectivity index (χ1v) is 10.4. The van der Waals surface area contributed by atoms with Crippen molar-refractivity contribution in [3.05, 3.63) is 89.1 Å². The van der Waals surface area contributed by atoms with Crippen LogP contribution in [-0.2, 0) is 7.05 Å². The molecule has 2 aromatic heterocycles. The average molecular weight is 404 g/mol. The second-order valence-electron chi connectivity index (χ2n) is 8.23. The Labute approximate surface area is 181 Å². The first kappa shape index (κ1) is 19.1. The van der Waals surface area contributed by atoms with Crippen LogP contribution in [0.2, 0.25) is 0 Å². The highest BCUT2D eigenvalue weighted by molar-refractivity contribution is 6.15. The molecule has 5 rings (SSSR count). The van der Waals surface area contributed by atoms with Crippen molar-refractivity contribution in [3.63, 3.8) is 0 Å². The maximum Gasteiger partial charge on any atom is 0.216 e. The highest BCUT2D eigenvalue weighted by Gasteiger charge is 2.24. The van der Waals surface area contributed by atoms with E-state index in [1.54, 1.807) is 0 Å². The molecular weight excluding hydrogens is 380 g/mol. The standard InChI is InChI=1S/C28H23N2O/c1-17-11-12-21(18(2)14-17)22-8-7-9-23-26-20(16-29)15-19(3)25(28(26)31-27(22)23)24-10-5-6-13-30(24)4/h5-15H,1-4H3/q+1. The lowest BCUT2D eigenvalue weighted by atomic mass is 9.94. The molecule has 150 valence electrons. The second-order valence-corrected chi connectivity index (χ2v) is 8.23. The summed E-state index contributed by atoms with van der Waals surface area (Å²) in [5, 5.41) is 11.8. The van der Waals surface area contributed by atoms with E-state index in [2.05, 4.69) is 66.9 Å². The minimum Gasteiger partial charge on any atom is -0.454 e. The normalized spacial score (nSPS) is 11.2. The van der Waals surface area contributed by atoms with Crippen molar-refractivity contribution in [1.29, 1.82) is 5.26 Å². The van der Waals surface area contributed by atoms with Crippen LogP contribution < -0.4 is 4.57 Å². The summed E-state index contributed by atoms with van der Waals surface area (Å²) in [5.41, 5.74) is 10.00. The quantitative estimate of drug-likeness (QED) is 0.314. The second kappa shape index (κ2) is 7.11. The van der Waals surface area contributed by atoms with Crippen LogP contribution in [0.1, 0.15) is 22.3 Å². The summed E-state index contributed by atoms with van der Waals surface area (Å²) in [6, 6.07) is 23.2. The maximum absolute atomic E-state index is 9.92. The van der Waals surface area contributed by atoms with Crippen LogP contribution in [0.5, 0.6) is 0 Å². The molecule has 3 aromatic carbocycles. The molecule has 3 nitrogen and oxygen atoms in total. The Balaban J connectivity index is 1.94. The molecule has 31 heavy (non-hydrogen) atoms. The number of nitrogens with zero attached hydrogens (tertiary/aromatic N) is 2. The SMILES string of the molecule is Cc1ccc(-c2cccc3c2oc2c(-c4cccc[n+]4C)c(C)cc(C#N)c23)c(C)c1. The third kappa shape index (κ3) is 2.92. The highest BCUT2D eigenvalue weighted by Crippen LogP contribution is 2.42. The first-order chi connectivity index (χ1) is 15.0. The van der Waals surface area contributed by atoms with Crippen LogP contribution in [0.4, 0.5) is 0 Å².